The number of likely N-dealkylation sites (N-methyl/N-ethyl adjacent to an activating group) is 1. The van der Waals surface area contributed by atoms with Crippen LogP contribution in [0.3, 0.4) is 0 Å². The van der Waals surface area contributed by atoms with Crippen molar-refractivity contribution in [1.82, 2.24) is 14.8 Å². The van der Waals surface area contributed by atoms with E-state index in [1.54, 1.807) is 19.0 Å². The summed E-state index contributed by atoms with van der Waals surface area (Å²) in [4.78, 5) is 24.1. The molecular formula is C25H23F2N7OS. The first-order valence-electron chi connectivity index (χ1n) is 11.0. The number of benzene rings is 1. The number of fused-ring (bicyclic) bond motifs is 1. The van der Waals surface area contributed by atoms with Crippen molar-refractivity contribution in [2.45, 2.75) is 17.4 Å². The molecule has 184 valence electrons. The predicted molar refractivity (Wildman–Crippen MR) is 136 cm³/mol. The molecule has 1 atom stereocenters. The van der Waals surface area contributed by atoms with E-state index in [0.29, 0.717) is 30.5 Å². The number of anilines is 1. The lowest BCUT2D eigenvalue weighted by molar-refractivity contribution is -0.125. The molecule has 0 aliphatic carbocycles. The first-order chi connectivity index (χ1) is 17.3. The van der Waals surface area contributed by atoms with Gasteiger partial charge in [0.1, 0.15) is 28.1 Å². The molecule has 1 fully saturated rings. The van der Waals surface area contributed by atoms with Gasteiger partial charge in [0.05, 0.1) is 21.4 Å². The number of aromatic nitrogens is 1. The number of halogens is 2. The van der Waals surface area contributed by atoms with Gasteiger partial charge in [-0.3, -0.25) is 15.2 Å². The highest BCUT2D eigenvalue weighted by Gasteiger charge is 2.29. The number of aliphatic imine (C=N–C) groups is 1. The fourth-order valence-electron chi connectivity index (χ4n) is 4.51. The molecule has 2 aliphatic heterocycles. The fraction of sp³-hybridized carbons (Fsp3) is 0.240. The SMILES string of the molecule is C=CC(=O)N1CCC(N(C)/C(N=C)=c2\cn/c(=c3/ccc(F)c4c3=C(C#N)C(=N)S4)c(F)c2NC)C1. The van der Waals surface area contributed by atoms with Gasteiger partial charge in [0.15, 0.2) is 5.82 Å². The number of hydrogen-bond donors (Lipinski definition) is 2. The summed E-state index contributed by atoms with van der Waals surface area (Å²) < 4.78 is 30.4. The van der Waals surface area contributed by atoms with Crippen LogP contribution in [-0.4, -0.2) is 65.7 Å². The summed E-state index contributed by atoms with van der Waals surface area (Å²) in [5.74, 6) is -1.08. The lowest BCUT2D eigenvalue weighted by Gasteiger charge is -2.27. The number of nitrogens with one attached hydrogen (secondary N) is 2. The minimum atomic E-state index is -0.714. The van der Waals surface area contributed by atoms with Gasteiger partial charge in [-0.15, -0.1) is 0 Å². The normalized spacial score (nSPS) is 18.4. The Morgan fingerprint density at radius 1 is 1.47 bits per heavy atom. The monoisotopic (exact) mass is 507 g/mol. The second kappa shape index (κ2) is 9.91. The van der Waals surface area contributed by atoms with E-state index in [-0.39, 0.29) is 48.9 Å². The van der Waals surface area contributed by atoms with Crippen LogP contribution >= 0.6 is 11.8 Å². The Bertz CT molecular complexity index is 1580. The third kappa shape index (κ3) is 4.03. The Balaban J connectivity index is 1.97. The van der Waals surface area contributed by atoms with E-state index >= 15 is 4.39 Å². The van der Waals surface area contributed by atoms with Crippen molar-refractivity contribution in [3.8, 4) is 6.07 Å². The number of hydrogen-bond acceptors (Lipinski definition) is 8. The average Bonchev–Trinajstić information content (AvgIpc) is 3.50. The van der Waals surface area contributed by atoms with Gasteiger partial charge in [0.2, 0.25) is 5.91 Å². The van der Waals surface area contributed by atoms with E-state index in [9.17, 15) is 14.4 Å². The first-order valence-corrected chi connectivity index (χ1v) is 11.8. The summed E-state index contributed by atoms with van der Waals surface area (Å²) >= 11 is 0.823. The zero-order chi connectivity index (χ0) is 26.1. The molecule has 4 rings (SSSR count). The number of carbonyl (C=O) groups is 1. The quantitative estimate of drug-likeness (QED) is 0.473. The lowest BCUT2D eigenvalue weighted by Crippen LogP contribution is -2.37. The lowest BCUT2D eigenvalue weighted by atomic mass is 10.1. The minimum absolute atomic E-state index is 0.0274. The molecule has 2 N–H and O–H groups in total. The molecule has 0 bridgehead atoms. The van der Waals surface area contributed by atoms with Gasteiger partial charge in [0.25, 0.3) is 0 Å². The summed E-state index contributed by atoms with van der Waals surface area (Å²) in [6, 6.07) is 4.39. The summed E-state index contributed by atoms with van der Waals surface area (Å²) in [5.41, 5.74) is 0.0731. The van der Waals surface area contributed by atoms with Crippen LogP contribution in [0.5, 0.6) is 0 Å². The molecule has 2 aromatic rings. The highest BCUT2D eigenvalue weighted by molar-refractivity contribution is 8.15. The van der Waals surface area contributed by atoms with Crippen LogP contribution in [0.25, 0.3) is 11.4 Å². The van der Waals surface area contributed by atoms with Crippen LogP contribution in [0, 0.1) is 38.9 Å². The number of rotatable bonds is 5. The summed E-state index contributed by atoms with van der Waals surface area (Å²) in [5, 5.41) is 21.0. The van der Waals surface area contributed by atoms with E-state index in [4.69, 9.17) is 5.41 Å². The van der Waals surface area contributed by atoms with E-state index in [2.05, 4.69) is 28.6 Å². The molecular weight excluding hydrogens is 484 g/mol. The van der Waals surface area contributed by atoms with Gasteiger partial charge >= 0.3 is 0 Å². The van der Waals surface area contributed by atoms with Gasteiger partial charge in [-0.25, -0.2) is 13.8 Å². The fourth-order valence-corrected chi connectivity index (χ4v) is 5.44. The second-order valence-electron chi connectivity index (χ2n) is 8.20. The third-order valence-corrected chi connectivity index (χ3v) is 7.36. The van der Waals surface area contributed by atoms with Crippen LogP contribution in [0.2, 0.25) is 0 Å². The molecule has 1 amide bonds. The maximum Gasteiger partial charge on any atom is 0.246 e. The zero-order valence-electron chi connectivity index (χ0n) is 19.7. The Morgan fingerprint density at radius 2 is 2.22 bits per heavy atom. The molecule has 0 saturated carbocycles. The number of pyridine rings is 1. The van der Waals surface area contributed by atoms with Gasteiger partial charge in [-0.2, -0.15) is 5.26 Å². The Hall–Kier alpha value is -4.04. The maximum atomic E-state index is 15.9. The molecule has 11 heteroatoms. The van der Waals surface area contributed by atoms with Crippen LogP contribution in [0.4, 0.5) is 14.5 Å². The van der Waals surface area contributed by atoms with Gasteiger partial charge < -0.3 is 15.1 Å². The second-order valence-corrected chi connectivity index (χ2v) is 9.22. The number of amides is 1. The number of likely N-dealkylation sites (tertiary alicyclic amines) is 1. The van der Waals surface area contributed by atoms with Crippen molar-refractivity contribution in [2.75, 3.05) is 32.5 Å². The zero-order valence-corrected chi connectivity index (χ0v) is 20.5. The highest BCUT2D eigenvalue weighted by atomic mass is 32.2. The van der Waals surface area contributed by atoms with Crippen molar-refractivity contribution >= 4 is 46.5 Å². The highest BCUT2D eigenvalue weighted by Crippen LogP contribution is 2.29. The third-order valence-electron chi connectivity index (χ3n) is 6.35. The number of carbonyl (C=O) groups excluding carboxylic acids is 1. The molecule has 0 spiro atoms. The van der Waals surface area contributed by atoms with Crippen molar-refractivity contribution in [3.05, 3.63) is 63.6 Å². The number of nitriles is 1. The summed E-state index contributed by atoms with van der Waals surface area (Å²) in [6.45, 7) is 8.22. The molecule has 1 saturated heterocycles. The van der Waals surface area contributed by atoms with E-state index in [1.807, 2.05) is 11.0 Å². The van der Waals surface area contributed by atoms with Gasteiger partial charge in [-0.1, -0.05) is 18.3 Å². The standard InChI is InChI=1S/C25H23F2N7OS/c1-5-18(35)34-9-8-13(12-34)33(4)25(31-3)16-11-32-22(20(27)21(16)30-2)14-6-7-17(26)23-19(14)15(10-28)24(29)36-23/h5-7,11,13,29-30H,1,3,8-9,12H2,2,4H3/b22-14-,25-16+,29-24?. The number of nitrogens with zero attached hydrogens (tertiary/aromatic N) is 5. The molecule has 3 heterocycles. The van der Waals surface area contributed by atoms with Crippen LogP contribution in [0.15, 0.2) is 40.9 Å². The summed E-state index contributed by atoms with van der Waals surface area (Å²) in [7, 11) is 3.35. The molecule has 8 nitrogen and oxygen atoms in total. The molecule has 1 aromatic heterocycles. The summed E-state index contributed by atoms with van der Waals surface area (Å²) in [6.07, 6.45) is 3.41. The smallest absolute Gasteiger partial charge is 0.246 e. The molecule has 36 heavy (non-hydrogen) atoms. The van der Waals surface area contributed by atoms with Gasteiger partial charge in [0, 0.05) is 49.9 Å². The van der Waals surface area contributed by atoms with Crippen LogP contribution in [-0.2, 0) is 4.79 Å². The Kier molecular flexibility index (Phi) is 6.90. The average molecular weight is 508 g/mol. The largest absolute Gasteiger partial charge is 0.385 e. The van der Waals surface area contributed by atoms with E-state index < -0.39 is 11.6 Å². The molecule has 1 unspecified atom stereocenters. The van der Waals surface area contributed by atoms with Crippen LogP contribution < -0.4 is 15.8 Å². The maximum absolute atomic E-state index is 15.9. The van der Waals surface area contributed by atoms with Crippen molar-refractivity contribution in [3.63, 3.8) is 0 Å². The van der Waals surface area contributed by atoms with Crippen molar-refractivity contribution < 1.29 is 13.6 Å². The molecule has 0 radical (unpaired) electrons. The molecule has 2 aliphatic rings. The van der Waals surface area contributed by atoms with Gasteiger partial charge in [-0.05, 0) is 31.3 Å². The molecule has 1 aromatic carbocycles. The number of thioether (sulfide) groups is 1. The van der Waals surface area contributed by atoms with E-state index in [1.165, 1.54) is 24.4 Å². The topological polar surface area (TPSA) is 108 Å². The first kappa shape index (κ1) is 25.1. The Morgan fingerprint density at radius 3 is 2.86 bits per heavy atom. The van der Waals surface area contributed by atoms with Crippen LogP contribution in [0.1, 0.15) is 6.42 Å². The minimum Gasteiger partial charge on any atom is -0.385 e. The van der Waals surface area contributed by atoms with E-state index in [0.717, 1.165) is 11.8 Å². The predicted octanol–water partition coefficient (Wildman–Crippen LogP) is 1.93. The van der Waals surface area contributed by atoms with Crippen molar-refractivity contribution in [2.24, 2.45) is 4.99 Å². The van der Waals surface area contributed by atoms with Crippen molar-refractivity contribution in [1.29, 1.82) is 10.7 Å². The Labute approximate surface area is 210 Å².